The van der Waals surface area contributed by atoms with Gasteiger partial charge >= 0.3 is 0 Å². The van der Waals surface area contributed by atoms with Crippen LogP contribution >= 0.6 is 24.0 Å². The first-order valence-corrected chi connectivity index (χ1v) is 10.4. The number of phenols is 2. The van der Waals surface area contributed by atoms with Crippen LogP contribution in [0.25, 0.3) is 6.08 Å². The standard InChI is InChI=1S/C22H20N2O4S2/c25-17-10-9-16(13-18(17)26)11-12-23-20(27)14-24-21(28)19(30-22(24)29)8-4-7-15-5-2-1-3-6-15/h1-10,13,25-26H,11-12,14H2,(H,23,27)/b7-4+,19-8-. The molecule has 0 bridgehead atoms. The molecule has 0 spiro atoms. The third-order valence-electron chi connectivity index (χ3n) is 4.29. The van der Waals surface area contributed by atoms with Crippen LogP contribution in [-0.2, 0) is 16.0 Å². The molecule has 1 saturated heterocycles. The molecule has 6 nitrogen and oxygen atoms in total. The average Bonchev–Trinajstić information content (AvgIpc) is 2.99. The Balaban J connectivity index is 1.50. The number of thiocarbonyl (C=S) groups is 1. The minimum Gasteiger partial charge on any atom is -0.504 e. The summed E-state index contributed by atoms with van der Waals surface area (Å²) >= 11 is 6.41. The zero-order chi connectivity index (χ0) is 21.5. The Morgan fingerprint density at radius 3 is 2.63 bits per heavy atom. The van der Waals surface area contributed by atoms with E-state index in [0.29, 0.717) is 22.2 Å². The molecule has 0 radical (unpaired) electrons. The Morgan fingerprint density at radius 1 is 1.13 bits per heavy atom. The molecule has 30 heavy (non-hydrogen) atoms. The number of nitrogens with zero attached hydrogens (tertiary/aromatic N) is 1. The van der Waals surface area contributed by atoms with Gasteiger partial charge in [0, 0.05) is 6.54 Å². The van der Waals surface area contributed by atoms with E-state index >= 15 is 0 Å². The average molecular weight is 441 g/mol. The summed E-state index contributed by atoms with van der Waals surface area (Å²) in [5.41, 5.74) is 1.79. The van der Waals surface area contributed by atoms with E-state index in [-0.39, 0.29) is 29.9 Å². The number of nitrogens with one attached hydrogen (secondary N) is 1. The summed E-state index contributed by atoms with van der Waals surface area (Å²) in [4.78, 5) is 26.5. The molecule has 2 aromatic rings. The third-order valence-corrected chi connectivity index (χ3v) is 5.68. The Hall–Kier alpha value is -3.10. The summed E-state index contributed by atoms with van der Waals surface area (Å²) in [6, 6.07) is 14.2. The number of hydrogen-bond donors (Lipinski definition) is 3. The first kappa shape index (κ1) is 21.6. The lowest BCUT2D eigenvalue weighted by molar-refractivity contribution is -0.128. The van der Waals surface area contributed by atoms with Crippen LogP contribution in [0.15, 0.2) is 65.6 Å². The van der Waals surface area contributed by atoms with Gasteiger partial charge in [-0.3, -0.25) is 14.5 Å². The lowest BCUT2D eigenvalue weighted by Crippen LogP contribution is -2.40. The van der Waals surface area contributed by atoms with Crippen molar-refractivity contribution >= 4 is 46.2 Å². The molecule has 2 amide bonds. The Kier molecular flexibility index (Phi) is 7.26. The maximum absolute atomic E-state index is 12.5. The van der Waals surface area contributed by atoms with Gasteiger partial charge in [0.1, 0.15) is 10.9 Å². The lowest BCUT2D eigenvalue weighted by atomic mass is 10.1. The molecular weight excluding hydrogens is 420 g/mol. The van der Waals surface area contributed by atoms with E-state index < -0.39 is 0 Å². The van der Waals surface area contributed by atoms with Gasteiger partial charge in [0.05, 0.1) is 4.91 Å². The molecule has 0 saturated carbocycles. The van der Waals surface area contributed by atoms with Crippen molar-refractivity contribution in [2.75, 3.05) is 13.1 Å². The highest BCUT2D eigenvalue weighted by Gasteiger charge is 2.32. The second-order valence-electron chi connectivity index (χ2n) is 6.48. The molecule has 0 atom stereocenters. The number of thioether (sulfide) groups is 1. The second-order valence-corrected chi connectivity index (χ2v) is 8.16. The second kappa shape index (κ2) is 10.1. The summed E-state index contributed by atoms with van der Waals surface area (Å²) in [6.45, 7) is 0.179. The van der Waals surface area contributed by atoms with Gasteiger partial charge < -0.3 is 15.5 Å². The molecule has 3 N–H and O–H groups in total. The largest absolute Gasteiger partial charge is 0.504 e. The Labute approximate surface area is 183 Å². The quantitative estimate of drug-likeness (QED) is 0.348. The first-order valence-electron chi connectivity index (χ1n) is 9.18. The predicted molar refractivity (Wildman–Crippen MR) is 122 cm³/mol. The van der Waals surface area contributed by atoms with Gasteiger partial charge in [0.2, 0.25) is 5.91 Å². The van der Waals surface area contributed by atoms with Crippen molar-refractivity contribution in [3.05, 3.63) is 76.7 Å². The van der Waals surface area contributed by atoms with E-state index in [4.69, 9.17) is 12.2 Å². The molecule has 3 rings (SSSR count). The summed E-state index contributed by atoms with van der Waals surface area (Å²) in [6.07, 6.45) is 5.85. The molecule has 1 heterocycles. The van der Waals surface area contributed by atoms with Crippen LogP contribution in [0, 0.1) is 0 Å². The fourth-order valence-electron chi connectivity index (χ4n) is 2.73. The number of phenolic OH excluding ortho intramolecular Hbond substituents is 2. The highest BCUT2D eigenvalue weighted by atomic mass is 32.2. The van der Waals surface area contributed by atoms with Crippen LogP contribution in [0.5, 0.6) is 11.5 Å². The van der Waals surface area contributed by atoms with Crippen LogP contribution in [0.2, 0.25) is 0 Å². The van der Waals surface area contributed by atoms with E-state index in [1.54, 1.807) is 18.2 Å². The van der Waals surface area contributed by atoms with Crippen molar-refractivity contribution in [2.24, 2.45) is 0 Å². The minimum absolute atomic E-state index is 0.148. The molecule has 1 aliphatic rings. The van der Waals surface area contributed by atoms with Gasteiger partial charge in [0.15, 0.2) is 11.5 Å². The lowest BCUT2D eigenvalue weighted by Gasteiger charge is -2.14. The number of carbonyl (C=O) groups is 2. The summed E-state index contributed by atoms with van der Waals surface area (Å²) in [5, 5.41) is 21.6. The van der Waals surface area contributed by atoms with Gasteiger partial charge in [-0.2, -0.15) is 0 Å². The van der Waals surface area contributed by atoms with E-state index in [1.807, 2.05) is 36.4 Å². The number of hydrogen-bond acceptors (Lipinski definition) is 6. The van der Waals surface area contributed by atoms with Gasteiger partial charge in [-0.25, -0.2) is 0 Å². The van der Waals surface area contributed by atoms with Crippen LogP contribution in [0.1, 0.15) is 11.1 Å². The summed E-state index contributed by atoms with van der Waals surface area (Å²) in [7, 11) is 0. The van der Waals surface area contributed by atoms with Crippen LogP contribution < -0.4 is 5.32 Å². The SMILES string of the molecule is O=C(CN1C(=O)/C(=C/C=C/c2ccccc2)SC1=S)NCCc1ccc(O)c(O)c1. The van der Waals surface area contributed by atoms with Crippen LogP contribution in [-0.4, -0.2) is 44.3 Å². The van der Waals surface area contributed by atoms with Crippen molar-refractivity contribution in [2.45, 2.75) is 6.42 Å². The maximum Gasteiger partial charge on any atom is 0.266 e. The number of amides is 2. The molecule has 1 fully saturated rings. The van der Waals surface area contributed by atoms with Crippen LogP contribution in [0.4, 0.5) is 0 Å². The Bertz CT molecular complexity index is 1020. The highest BCUT2D eigenvalue weighted by Crippen LogP contribution is 2.30. The first-order chi connectivity index (χ1) is 14.4. The fraction of sp³-hybridized carbons (Fsp3) is 0.136. The van der Waals surface area contributed by atoms with Gasteiger partial charge in [-0.15, -0.1) is 0 Å². The molecule has 0 aromatic heterocycles. The van der Waals surface area contributed by atoms with Gasteiger partial charge in [-0.05, 0) is 35.8 Å². The van der Waals surface area contributed by atoms with E-state index in [2.05, 4.69) is 5.32 Å². The number of allylic oxidation sites excluding steroid dienone is 2. The van der Waals surface area contributed by atoms with Crippen molar-refractivity contribution < 1.29 is 19.8 Å². The zero-order valence-corrected chi connectivity index (χ0v) is 17.6. The molecule has 2 aromatic carbocycles. The summed E-state index contributed by atoms with van der Waals surface area (Å²) in [5.74, 6) is -1.01. The molecule has 154 valence electrons. The smallest absolute Gasteiger partial charge is 0.266 e. The van der Waals surface area contributed by atoms with Crippen molar-refractivity contribution in [3.63, 3.8) is 0 Å². The summed E-state index contributed by atoms with van der Waals surface area (Å²) < 4.78 is 0.345. The zero-order valence-electron chi connectivity index (χ0n) is 15.9. The number of aromatic hydroxyl groups is 2. The maximum atomic E-state index is 12.5. The topological polar surface area (TPSA) is 89.9 Å². The van der Waals surface area contributed by atoms with Crippen molar-refractivity contribution in [1.82, 2.24) is 10.2 Å². The van der Waals surface area contributed by atoms with E-state index in [0.717, 1.165) is 11.1 Å². The number of carbonyl (C=O) groups excluding carboxylic acids is 2. The molecule has 8 heteroatoms. The van der Waals surface area contributed by atoms with Crippen molar-refractivity contribution in [3.8, 4) is 11.5 Å². The number of benzene rings is 2. The number of rotatable bonds is 7. The van der Waals surface area contributed by atoms with E-state index in [1.165, 1.54) is 28.8 Å². The van der Waals surface area contributed by atoms with Gasteiger partial charge in [0.25, 0.3) is 5.91 Å². The molecule has 1 aliphatic heterocycles. The van der Waals surface area contributed by atoms with Gasteiger partial charge in [-0.1, -0.05) is 72.5 Å². The van der Waals surface area contributed by atoms with Crippen molar-refractivity contribution in [1.29, 1.82) is 0 Å². The Morgan fingerprint density at radius 2 is 1.90 bits per heavy atom. The minimum atomic E-state index is -0.324. The molecule has 0 aliphatic carbocycles. The molecule has 0 unspecified atom stereocenters. The third kappa shape index (κ3) is 5.71. The van der Waals surface area contributed by atoms with Crippen LogP contribution in [0.3, 0.4) is 0 Å². The normalized spacial score (nSPS) is 15.3. The molecular formula is C22H20N2O4S2. The predicted octanol–water partition coefficient (Wildman–Crippen LogP) is 3.21. The van der Waals surface area contributed by atoms with E-state index in [9.17, 15) is 19.8 Å². The fourth-order valence-corrected chi connectivity index (χ4v) is 3.94. The highest BCUT2D eigenvalue weighted by molar-refractivity contribution is 8.26. The monoisotopic (exact) mass is 440 g/mol.